The predicted octanol–water partition coefficient (Wildman–Crippen LogP) is 2.26. The van der Waals surface area contributed by atoms with Crippen LogP contribution in [0.1, 0.15) is 52.9 Å². The lowest BCUT2D eigenvalue weighted by atomic mass is 9.91. The van der Waals surface area contributed by atoms with E-state index in [9.17, 15) is 5.11 Å². The van der Waals surface area contributed by atoms with Gasteiger partial charge in [0, 0.05) is 25.2 Å². The molecule has 0 bridgehead atoms. The smallest absolute Gasteiger partial charge is 0.0613 e. The lowest BCUT2D eigenvalue weighted by molar-refractivity contribution is 0.104. The van der Waals surface area contributed by atoms with Crippen molar-refractivity contribution in [2.75, 3.05) is 40.0 Å². The van der Waals surface area contributed by atoms with Crippen LogP contribution in [-0.4, -0.2) is 61.5 Å². The highest BCUT2D eigenvalue weighted by Gasteiger charge is 2.32. The first kappa shape index (κ1) is 18.9. The van der Waals surface area contributed by atoms with Crippen LogP contribution in [-0.2, 0) is 4.74 Å². The van der Waals surface area contributed by atoms with Gasteiger partial charge < -0.3 is 15.2 Å². The third kappa shape index (κ3) is 6.23. The molecule has 0 aliphatic heterocycles. The average Bonchev–Trinajstić information content (AvgIpc) is 3.33. The van der Waals surface area contributed by atoms with Crippen molar-refractivity contribution >= 4 is 0 Å². The fourth-order valence-corrected chi connectivity index (χ4v) is 3.24. The molecule has 4 heteroatoms. The minimum absolute atomic E-state index is 0.0928. The van der Waals surface area contributed by atoms with Crippen LogP contribution >= 0.6 is 0 Å². The minimum Gasteiger partial charge on any atom is -0.394 e. The highest BCUT2D eigenvalue weighted by molar-refractivity contribution is 4.88. The summed E-state index contributed by atoms with van der Waals surface area (Å²) in [6.45, 7) is 10.7. The number of aliphatic hydroxyl groups excluding tert-OH is 1. The molecule has 1 fully saturated rings. The number of methoxy groups -OCH3 is 1. The summed E-state index contributed by atoms with van der Waals surface area (Å²) in [6, 6.07) is 0.671. The Bertz CT molecular complexity index is 266. The second-order valence-corrected chi connectivity index (χ2v) is 6.53. The normalized spacial score (nSPS) is 19.7. The van der Waals surface area contributed by atoms with Crippen molar-refractivity contribution in [1.29, 1.82) is 0 Å². The number of nitrogens with one attached hydrogen (secondary N) is 1. The number of rotatable bonds is 13. The van der Waals surface area contributed by atoms with E-state index >= 15 is 0 Å². The average molecular weight is 300 g/mol. The van der Waals surface area contributed by atoms with E-state index < -0.39 is 0 Å². The van der Waals surface area contributed by atoms with Crippen molar-refractivity contribution in [1.82, 2.24) is 10.2 Å². The van der Waals surface area contributed by atoms with Crippen LogP contribution in [0.5, 0.6) is 0 Å². The van der Waals surface area contributed by atoms with Crippen LogP contribution in [0, 0.1) is 5.92 Å². The van der Waals surface area contributed by atoms with E-state index in [0.717, 1.165) is 51.4 Å². The molecule has 21 heavy (non-hydrogen) atoms. The van der Waals surface area contributed by atoms with Gasteiger partial charge in [-0.3, -0.25) is 4.90 Å². The monoisotopic (exact) mass is 300 g/mol. The molecule has 0 spiro atoms. The van der Waals surface area contributed by atoms with Crippen molar-refractivity contribution in [2.24, 2.45) is 5.92 Å². The summed E-state index contributed by atoms with van der Waals surface area (Å²) < 4.78 is 5.26. The molecule has 2 unspecified atom stereocenters. The van der Waals surface area contributed by atoms with Crippen molar-refractivity contribution in [2.45, 2.75) is 64.5 Å². The first-order valence-corrected chi connectivity index (χ1v) is 8.71. The lowest BCUT2D eigenvalue weighted by Gasteiger charge is -2.34. The molecule has 1 rings (SSSR count). The van der Waals surface area contributed by atoms with Crippen LogP contribution in [0.4, 0.5) is 0 Å². The van der Waals surface area contributed by atoms with Gasteiger partial charge in [0.05, 0.1) is 13.2 Å². The summed E-state index contributed by atoms with van der Waals surface area (Å²) in [6.07, 6.45) is 5.92. The first-order valence-electron chi connectivity index (χ1n) is 8.71. The fraction of sp³-hybridized carbons (Fsp3) is 1.00. The Morgan fingerprint density at radius 1 is 1.33 bits per heavy atom. The number of hydrogen-bond donors (Lipinski definition) is 2. The quantitative estimate of drug-likeness (QED) is 0.548. The predicted molar refractivity (Wildman–Crippen MR) is 88.7 cm³/mol. The zero-order chi connectivity index (χ0) is 15.7. The maximum atomic E-state index is 9.73. The Hall–Kier alpha value is -0.160. The molecule has 126 valence electrons. The van der Waals surface area contributed by atoms with Crippen molar-refractivity contribution in [3.8, 4) is 0 Å². The first-order chi connectivity index (χ1) is 10.1. The maximum absolute atomic E-state index is 9.73. The van der Waals surface area contributed by atoms with Crippen molar-refractivity contribution < 1.29 is 9.84 Å². The Labute approximate surface area is 131 Å². The SMILES string of the molecule is CCNC(CC)(CO)CCCN(CCOC)C(C)C1CC1. The van der Waals surface area contributed by atoms with Gasteiger partial charge in [-0.1, -0.05) is 13.8 Å². The number of hydrogen-bond acceptors (Lipinski definition) is 4. The standard InChI is InChI=1S/C17H36N2O2/c1-5-17(14-20,18-6-2)10-7-11-19(12-13-21-4)15(3)16-8-9-16/h15-16,18,20H,5-14H2,1-4H3. The summed E-state index contributed by atoms with van der Waals surface area (Å²) in [4.78, 5) is 2.57. The number of ether oxygens (including phenoxy) is 1. The van der Waals surface area contributed by atoms with E-state index in [1.165, 1.54) is 12.8 Å². The van der Waals surface area contributed by atoms with Crippen LogP contribution in [0.2, 0.25) is 0 Å². The maximum Gasteiger partial charge on any atom is 0.0613 e. The van der Waals surface area contributed by atoms with Crippen molar-refractivity contribution in [3.63, 3.8) is 0 Å². The van der Waals surface area contributed by atoms with E-state index in [2.05, 4.69) is 31.0 Å². The van der Waals surface area contributed by atoms with Crippen LogP contribution in [0.15, 0.2) is 0 Å². The molecule has 0 saturated heterocycles. The topological polar surface area (TPSA) is 44.7 Å². The second kappa shape index (κ2) is 9.78. The third-order valence-electron chi connectivity index (χ3n) is 5.09. The Kier molecular flexibility index (Phi) is 8.79. The second-order valence-electron chi connectivity index (χ2n) is 6.53. The lowest BCUT2D eigenvalue weighted by Crippen LogP contribution is -2.48. The minimum atomic E-state index is -0.0928. The number of nitrogens with zero attached hydrogens (tertiary/aromatic N) is 1. The third-order valence-corrected chi connectivity index (χ3v) is 5.09. The van der Waals surface area contributed by atoms with Gasteiger partial charge in [-0.05, 0) is 58.0 Å². The summed E-state index contributed by atoms with van der Waals surface area (Å²) in [7, 11) is 1.78. The highest BCUT2D eigenvalue weighted by atomic mass is 16.5. The van der Waals surface area contributed by atoms with E-state index in [-0.39, 0.29) is 12.1 Å². The van der Waals surface area contributed by atoms with Gasteiger partial charge in [0.25, 0.3) is 0 Å². The van der Waals surface area contributed by atoms with Gasteiger partial charge in [0.1, 0.15) is 0 Å². The zero-order valence-corrected chi connectivity index (χ0v) is 14.5. The van der Waals surface area contributed by atoms with Gasteiger partial charge in [0.15, 0.2) is 0 Å². The van der Waals surface area contributed by atoms with Crippen LogP contribution in [0.25, 0.3) is 0 Å². The van der Waals surface area contributed by atoms with Crippen LogP contribution < -0.4 is 5.32 Å². The zero-order valence-electron chi connectivity index (χ0n) is 14.5. The molecule has 1 aliphatic rings. The molecule has 2 atom stereocenters. The van der Waals surface area contributed by atoms with E-state index in [0.29, 0.717) is 6.04 Å². The Morgan fingerprint density at radius 2 is 2.05 bits per heavy atom. The van der Waals surface area contributed by atoms with Crippen LogP contribution in [0.3, 0.4) is 0 Å². The summed E-state index contributed by atoms with van der Waals surface area (Å²) in [5.74, 6) is 0.893. The molecule has 1 saturated carbocycles. The Morgan fingerprint density at radius 3 is 2.52 bits per heavy atom. The molecular formula is C17H36N2O2. The van der Waals surface area contributed by atoms with Gasteiger partial charge >= 0.3 is 0 Å². The molecule has 0 heterocycles. The van der Waals surface area contributed by atoms with Gasteiger partial charge in [0.2, 0.25) is 0 Å². The molecular weight excluding hydrogens is 264 g/mol. The molecule has 0 amide bonds. The molecule has 0 aromatic rings. The van der Waals surface area contributed by atoms with Crippen molar-refractivity contribution in [3.05, 3.63) is 0 Å². The van der Waals surface area contributed by atoms with Gasteiger partial charge in [-0.2, -0.15) is 0 Å². The molecule has 4 nitrogen and oxygen atoms in total. The Balaban J connectivity index is 2.43. The van der Waals surface area contributed by atoms with E-state index in [4.69, 9.17) is 4.74 Å². The number of aliphatic hydroxyl groups is 1. The molecule has 0 aromatic carbocycles. The molecule has 0 radical (unpaired) electrons. The number of likely N-dealkylation sites (N-methyl/N-ethyl adjacent to an activating group) is 1. The summed E-state index contributed by atoms with van der Waals surface area (Å²) in [5.41, 5.74) is -0.0928. The van der Waals surface area contributed by atoms with E-state index in [1.54, 1.807) is 7.11 Å². The highest BCUT2D eigenvalue weighted by Crippen LogP contribution is 2.35. The largest absolute Gasteiger partial charge is 0.394 e. The molecule has 2 N–H and O–H groups in total. The van der Waals surface area contributed by atoms with E-state index in [1.807, 2.05) is 0 Å². The molecule has 1 aliphatic carbocycles. The van der Waals surface area contributed by atoms with Gasteiger partial charge in [-0.25, -0.2) is 0 Å². The van der Waals surface area contributed by atoms with Gasteiger partial charge in [-0.15, -0.1) is 0 Å². The molecule has 0 aromatic heterocycles. The summed E-state index contributed by atoms with van der Waals surface area (Å²) >= 11 is 0. The summed E-state index contributed by atoms with van der Waals surface area (Å²) in [5, 5.41) is 13.2. The fourth-order valence-electron chi connectivity index (χ4n) is 3.24.